The Labute approximate surface area is 103 Å². The van der Waals surface area contributed by atoms with Gasteiger partial charge in [-0.2, -0.15) is 0 Å². The molecule has 3 N–H and O–H groups in total. The third kappa shape index (κ3) is 3.08. The Balaban J connectivity index is 1.99. The number of nitrogens with zero attached hydrogens (tertiary/aromatic N) is 2. The summed E-state index contributed by atoms with van der Waals surface area (Å²) in [6, 6.07) is 3.35. The lowest BCUT2D eigenvalue weighted by Gasteiger charge is -2.04. The first kappa shape index (κ1) is 11.7. The van der Waals surface area contributed by atoms with Crippen LogP contribution in [0.2, 0.25) is 0 Å². The van der Waals surface area contributed by atoms with E-state index in [4.69, 9.17) is 5.73 Å². The van der Waals surface area contributed by atoms with Crippen LogP contribution in [0.15, 0.2) is 29.9 Å². The summed E-state index contributed by atoms with van der Waals surface area (Å²) in [7, 11) is 0. The van der Waals surface area contributed by atoms with Gasteiger partial charge in [-0.3, -0.25) is 9.78 Å². The van der Waals surface area contributed by atoms with Gasteiger partial charge in [0.1, 0.15) is 5.01 Å². The summed E-state index contributed by atoms with van der Waals surface area (Å²) in [5, 5.41) is 5.55. The monoisotopic (exact) mass is 248 g/mol. The van der Waals surface area contributed by atoms with E-state index < -0.39 is 0 Å². The molecular formula is C11H12N4OS. The Morgan fingerprint density at radius 1 is 1.41 bits per heavy atom. The van der Waals surface area contributed by atoms with Gasteiger partial charge in [0, 0.05) is 29.9 Å². The van der Waals surface area contributed by atoms with Crippen LogP contribution in [0.25, 0.3) is 0 Å². The highest BCUT2D eigenvalue weighted by Crippen LogP contribution is 2.05. The molecule has 0 radical (unpaired) electrons. The molecule has 0 fully saturated rings. The highest BCUT2D eigenvalue weighted by atomic mass is 32.1. The highest BCUT2D eigenvalue weighted by molar-refractivity contribution is 7.09. The van der Waals surface area contributed by atoms with Gasteiger partial charge in [0.05, 0.1) is 12.2 Å². The summed E-state index contributed by atoms with van der Waals surface area (Å²) in [5.74, 6) is -0.141. The van der Waals surface area contributed by atoms with Crippen LogP contribution >= 0.6 is 11.3 Å². The molecule has 0 atom stereocenters. The molecule has 2 heterocycles. The zero-order valence-corrected chi connectivity index (χ0v) is 9.91. The average Bonchev–Trinajstić information content (AvgIpc) is 2.89. The van der Waals surface area contributed by atoms with Crippen LogP contribution < -0.4 is 11.1 Å². The highest BCUT2D eigenvalue weighted by Gasteiger charge is 2.06. The molecule has 0 saturated heterocycles. The molecule has 17 heavy (non-hydrogen) atoms. The summed E-state index contributed by atoms with van der Waals surface area (Å²) in [4.78, 5) is 19.9. The van der Waals surface area contributed by atoms with Gasteiger partial charge in [0.2, 0.25) is 0 Å². The smallest absolute Gasteiger partial charge is 0.251 e. The third-order valence-corrected chi connectivity index (χ3v) is 2.95. The van der Waals surface area contributed by atoms with Gasteiger partial charge in [-0.15, -0.1) is 11.3 Å². The molecule has 0 saturated carbocycles. The molecule has 0 aliphatic carbocycles. The van der Waals surface area contributed by atoms with Crippen molar-refractivity contribution in [1.29, 1.82) is 0 Å². The van der Waals surface area contributed by atoms with E-state index in [-0.39, 0.29) is 5.91 Å². The van der Waals surface area contributed by atoms with Crippen LogP contribution in [-0.4, -0.2) is 15.9 Å². The minimum atomic E-state index is -0.141. The first-order valence-corrected chi connectivity index (χ1v) is 5.99. The standard InChI is InChI=1S/C11H12N4OS/c12-6-9-5-8(1-2-13-9)11(16)15-7-10-14-3-4-17-10/h1-5H,6-7,12H2,(H,15,16). The molecule has 6 heteroatoms. The molecule has 0 aliphatic heterocycles. The molecule has 1 amide bonds. The Bertz CT molecular complexity index is 498. The molecule has 0 spiro atoms. The predicted octanol–water partition coefficient (Wildman–Crippen LogP) is 0.927. The van der Waals surface area contributed by atoms with Crippen molar-refractivity contribution in [3.8, 4) is 0 Å². The van der Waals surface area contributed by atoms with Gasteiger partial charge < -0.3 is 11.1 Å². The lowest BCUT2D eigenvalue weighted by atomic mass is 10.2. The second-order valence-electron chi connectivity index (χ2n) is 3.35. The first-order chi connectivity index (χ1) is 8.29. The minimum absolute atomic E-state index is 0.141. The number of pyridine rings is 1. The first-order valence-electron chi connectivity index (χ1n) is 5.11. The van der Waals surface area contributed by atoms with Crippen molar-refractivity contribution in [2.75, 3.05) is 0 Å². The fourth-order valence-electron chi connectivity index (χ4n) is 1.33. The van der Waals surface area contributed by atoms with E-state index in [9.17, 15) is 4.79 Å². The maximum atomic E-state index is 11.8. The predicted molar refractivity (Wildman–Crippen MR) is 65.4 cm³/mol. The molecule has 5 nitrogen and oxygen atoms in total. The zero-order chi connectivity index (χ0) is 12.1. The lowest BCUT2D eigenvalue weighted by molar-refractivity contribution is 0.0950. The van der Waals surface area contributed by atoms with Gasteiger partial charge in [-0.05, 0) is 12.1 Å². The van der Waals surface area contributed by atoms with E-state index >= 15 is 0 Å². The van der Waals surface area contributed by atoms with Crippen molar-refractivity contribution < 1.29 is 4.79 Å². The zero-order valence-electron chi connectivity index (χ0n) is 9.09. The van der Waals surface area contributed by atoms with Crippen LogP contribution in [0, 0.1) is 0 Å². The fourth-order valence-corrected chi connectivity index (χ4v) is 1.89. The second kappa shape index (κ2) is 5.51. The van der Waals surface area contributed by atoms with Crippen LogP contribution in [0.3, 0.4) is 0 Å². The number of rotatable bonds is 4. The number of carbonyl (C=O) groups excluding carboxylic acids is 1. The molecule has 2 aromatic heterocycles. The van der Waals surface area contributed by atoms with Gasteiger partial charge in [-0.1, -0.05) is 0 Å². The Kier molecular flexibility index (Phi) is 3.79. The van der Waals surface area contributed by atoms with E-state index in [0.29, 0.717) is 24.3 Å². The number of nitrogens with two attached hydrogens (primary N) is 1. The van der Waals surface area contributed by atoms with Crippen LogP contribution in [0.1, 0.15) is 21.1 Å². The van der Waals surface area contributed by atoms with Gasteiger partial charge >= 0.3 is 0 Å². The molecule has 2 rings (SSSR count). The quantitative estimate of drug-likeness (QED) is 0.843. The summed E-state index contributed by atoms with van der Waals surface area (Å²) in [6.45, 7) is 0.768. The van der Waals surface area contributed by atoms with E-state index in [1.807, 2.05) is 5.38 Å². The van der Waals surface area contributed by atoms with Crippen molar-refractivity contribution in [3.05, 3.63) is 46.2 Å². The summed E-state index contributed by atoms with van der Waals surface area (Å²) in [5.41, 5.74) is 6.73. The van der Waals surface area contributed by atoms with Gasteiger partial charge in [0.25, 0.3) is 5.91 Å². The molecular weight excluding hydrogens is 236 g/mol. The molecule has 0 aromatic carbocycles. The van der Waals surface area contributed by atoms with Crippen LogP contribution in [0.4, 0.5) is 0 Å². The number of nitrogens with one attached hydrogen (secondary N) is 1. The van der Waals surface area contributed by atoms with Crippen LogP contribution in [-0.2, 0) is 13.1 Å². The topological polar surface area (TPSA) is 80.9 Å². The minimum Gasteiger partial charge on any atom is -0.346 e. The van der Waals surface area contributed by atoms with E-state index in [2.05, 4.69) is 15.3 Å². The molecule has 0 unspecified atom stereocenters. The van der Waals surface area contributed by atoms with Crippen molar-refractivity contribution in [2.24, 2.45) is 5.73 Å². The molecule has 0 aliphatic rings. The Hall–Kier alpha value is -1.79. The third-order valence-electron chi connectivity index (χ3n) is 2.17. The molecule has 0 bridgehead atoms. The van der Waals surface area contributed by atoms with E-state index in [1.54, 1.807) is 24.5 Å². The summed E-state index contributed by atoms with van der Waals surface area (Å²) in [6.07, 6.45) is 3.30. The Morgan fingerprint density at radius 3 is 3.00 bits per heavy atom. The second-order valence-corrected chi connectivity index (χ2v) is 4.33. The summed E-state index contributed by atoms with van der Waals surface area (Å²) < 4.78 is 0. The Morgan fingerprint density at radius 2 is 2.29 bits per heavy atom. The van der Waals surface area contributed by atoms with Crippen molar-refractivity contribution in [3.63, 3.8) is 0 Å². The number of carbonyl (C=O) groups is 1. The number of hydrogen-bond donors (Lipinski definition) is 2. The van der Waals surface area contributed by atoms with Crippen molar-refractivity contribution in [1.82, 2.24) is 15.3 Å². The maximum Gasteiger partial charge on any atom is 0.251 e. The van der Waals surface area contributed by atoms with Crippen LogP contribution in [0.5, 0.6) is 0 Å². The number of hydrogen-bond acceptors (Lipinski definition) is 5. The SMILES string of the molecule is NCc1cc(C(=O)NCc2nccs2)ccn1. The summed E-state index contributed by atoms with van der Waals surface area (Å²) >= 11 is 1.51. The molecule has 88 valence electrons. The van der Waals surface area contributed by atoms with Gasteiger partial charge in [-0.25, -0.2) is 4.98 Å². The van der Waals surface area contributed by atoms with Gasteiger partial charge in [0.15, 0.2) is 0 Å². The maximum absolute atomic E-state index is 11.8. The normalized spacial score (nSPS) is 10.2. The fraction of sp³-hybridized carbons (Fsp3) is 0.182. The molecule has 2 aromatic rings. The number of aromatic nitrogens is 2. The van der Waals surface area contributed by atoms with E-state index in [1.165, 1.54) is 11.3 Å². The largest absolute Gasteiger partial charge is 0.346 e. The average molecular weight is 248 g/mol. The number of amides is 1. The number of thiazole rings is 1. The lowest BCUT2D eigenvalue weighted by Crippen LogP contribution is -2.23. The van der Waals surface area contributed by atoms with Crippen molar-refractivity contribution >= 4 is 17.2 Å². The van der Waals surface area contributed by atoms with E-state index in [0.717, 1.165) is 5.01 Å². The van der Waals surface area contributed by atoms with Crippen molar-refractivity contribution in [2.45, 2.75) is 13.1 Å².